The Morgan fingerprint density at radius 3 is 2.52 bits per heavy atom. The molecule has 3 amide bonds. The molecule has 1 aliphatic rings. The van der Waals surface area contributed by atoms with Crippen molar-refractivity contribution in [3.05, 3.63) is 70.4 Å². The van der Waals surface area contributed by atoms with E-state index >= 15 is 0 Å². The number of carbonyl (C=O) groups is 3. The number of aromatic nitrogens is 1. The van der Waals surface area contributed by atoms with Crippen molar-refractivity contribution in [2.45, 2.75) is 13.3 Å². The lowest BCUT2D eigenvalue weighted by atomic mass is 10.1. The first-order valence-corrected chi connectivity index (χ1v) is 9.98. The van der Waals surface area contributed by atoms with E-state index in [2.05, 4.69) is 15.8 Å². The van der Waals surface area contributed by atoms with E-state index in [4.69, 9.17) is 12.2 Å². The van der Waals surface area contributed by atoms with Crippen molar-refractivity contribution in [1.82, 2.24) is 20.7 Å². The predicted molar refractivity (Wildman–Crippen MR) is 116 cm³/mol. The number of carbonyl (C=O) groups excluding carboxylic acids is 3. The van der Waals surface area contributed by atoms with E-state index in [-0.39, 0.29) is 18.9 Å². The van der Waals surface area contributed by atoms with Crippen molar-refractivity contribution in [3.63, 3.8) is 0 Å². The van der Waals surface area contributed by atoms with Gasteiger partial charge in [0.15, 0.2) is 0 Å². The highest BCUT2D eigenvalue weighted by atomic mass is 32.2. The minimum absolute atomic E-state index is 0.000870. The van der Waals surface area contributed by atoms with Crippen molar-refractivity contribution >= 4 is 52.1 Å². The van der Waals surface area contributed by atoms with Crippen LogP contribution in [-0.2, 0) is 9.59 Å². The average molecular weight is 427 g/mol. The van der Waals surface area contributed by atoms with Gasteiger partial charge in [-0.3, -0.25) is 35.1 Å². The first kappa shape index (κ1) is 20.7. The number of thiocarbonyl (C=S) groups is 1. The quantitative estimate of drug-likeness (QED) is 0.434. The first-order chi connectivity index (χ1) is 13.9. The summed E-state index contributed by atoms with van der Waals surface area (Å²) in [5.41, 5.74) is 7.07. The largest absolute Gasteiger partial charge is 0.292 e. The zero-order valence-electron chi connectivity index (χ0n) is 15.5. The molecule has 0 radical (unpaired) electrons. The zero-order chi connectivity index (χ0) is 20.8. The molecule has 1 aromatic carbocycles. The Bertz CT molecular complexity index is 975. The number of thioether (sulfide) groups is 1. The lowest BCUT2D eigenvalue weighted by molar-refractivity contribution is -0.124. The summed E-state index contributed by atoms with van der Waals surface area (Å²) in [6.07, 6.45) is 4.75. The van der Waals surface area contributed by atoms with Crippen LogP contribution in [0.25, 0.3) is 6.08 Å². The van der Waals surface area contributed by atoms with Gasteiger partial charge >= 0.3 is 0 Å². The van der Waals surface area contributed by atoms with Gasteiger partial charge in [-0.05, 0) is 30.7 Å². The Morgan fingerprint density at radius 2 is 1.83 bits per heavy atom. The molecule has 1 fully saturated rings. The summed E-state index contributed by atoms with van der Waals surface area (Å²) < 4.78 is 0.405. The molecule has 2 heterocycles. The normalized spacial score (nSPS) is 14.9. The number of pyridine rings is 1. The molecular weight excluding hydrogens is 408 g/mol. The topological polar surface area (TPSA) is 91.4 Å². The SMILES string of the molecule is Cc1ccc(/C=C2\SC(=S)N(CCC(=O)NNC(=O)c3ccncc3)C2=O)cc1. The molecule has 1 aromatic heterocycles. The number of rotatable bonds is 5. The standard InChI is InChI=1S/C20H18N4O3S2/c1-13-2-4-14(5-3-13)12-16-19(27)24(20(28)29-16)11-8-17(25)22-23-18(26)15-6-9-21-10-7-15/h2-7,9-10,12H,8,11H2,1H3,(H,22,25)(H,23,26)/b16-12-. The van der Waals surface area contributed by atoms with Gasteiger partial charge in [0.2, 0.25) is 5.91 Å². The van der Waals surface area contributed by atoms with E-state index in [9.17, 15) is 14.4 Å². The van der Waals surface area contributed by atoms with Crippen molar-refractivity contribution < 1.29 is 14.4 Å². The summed E-state index contributed by atoms with van der Waals surface area (Å²) in [5, 5.41) is 0. The fourth-order valence-electron chi connectivity index (χ4n) is 2.48. The Morgan fingerprint density at radius 1 is 1.14 bits per heavy atom. The summed E-state index contributed by atoms with van der Waals surface area (Å²) in [6.45, 7) is 2.13. The molecule has 2 N–H and O–H groups in total. The van der Waals surface area contributed by atoms with Crippen molar-refractivity contribution in [3.8, 4) is 0 Å². The number of hydrogen-bond acceptors (Lipinski definition) is 6. The molecule has 0 unspecified atom stereocenters. The van der Waals surface area contributed by atoms with Crippen LogP contribution in [0.5, 0.6) is 0 Å². The second kappa shape index (κ2) is 9.44. The van der Waals surface area contributed by atoms with Crippen LogP contribution >= 0.6 is 24.0 Å². The Balaban J connectivity index is 1.51. The molecular formula is C20H18N4O3S2. The van der Waals surface area contributed by atoms with Gasteiger partial charge in [0.25, 0.3) is 11.8 Å². The predicted octanol–water partition coefficient (Wildman–Crippen LogP) is 2.44. The molecule has 29 heavy (non-hydrogen) atoms. The molecule has 148 valence electrons. The molecule has 9 heteroatoms. The van der Waals surface area contributed by atoms with Crippen LogP contribution in [0.3, 0.4) is 0 Å². The molecule has 0 atom stereocenters. The summed E-state index contributed by atoms with van der Waals surface area (Å²) in [7, 11) is 0. The highest BCUT2D eigenvalue weighted by Crippen LogP contribution is 2.32. The summed E-state index contributed by atoms with van der Waals surface area (Å²) in [4.78, 5) is 42.2. The number of benzene rings is 1. The van der Waals surface area contributed by atoms with Gasteiger partial charge in [0, 0.05) is 30.9 Å². The monoisotopic (exact) mass is 426 g/mol. The van der Waals surface area contributed by atoms with Gasteiger partial charge in [-0.1, -0.05) is 53.8 Å². The number of aryl methyl sites for hydroxylation is 1. The van der Waals surface area contributed by atoms with Gasteiger partial charge in [-0.15, -0.1) is 0 Å². The minimum Gasteiger partial charge on any atom is -0.292 e. The van der Waals surface area contributed by atoms with E-state index in [1.54, 1.807) is 6.08 Å². The van der Waals surface area contributed by atoms with Gasteiger partial charge in [0.05, 0.1) is 4.91 Å². The Hall–Kier alpha value is -3.04. The van der Waals surface area contributed by atoms with Crippen LogP contribution in [0, 0.1) is 6.92 Å². The third-order valence-electron chi connectivity index (χ3n) is 4.07. The molecule has 0 spiro atoms. The highest BCUT2D eigenvalue weighted by Gasteiger charge is 2.32. The number of hydrazine groups is 1. The van der Waals surface area contributed by atoms with Crippen LogP contribution in [0.4, 0.5) is 0 Å². The van der Waals surface area contributed by atoms with Gasteiger partial charge in [-0.25, -0.2) is 0 Å². The van der Waals surface area contributed by atoms with Crippen LogP contribution < -0.4 is 10.9 Å². The maximum atomic E-state index is 12.6. The zero-order valence-corrected chi connectivity index (χ0v) is 17.2. The Labute approximate surface area is 177 Å². The van der Waals surface area contributed by atoms with E-state index in [1.807, 2.05) is 31.2 Å². The van der Waals surface area contributed by atoms with Crippen molar-refractivity contribution in [2.24, 2.45) is 0 Å². The number of hydrogen-bond donors (Lipinski definition) is 2. The van der Waals surface area contributed by atoms with Crippen LogP contribution in [0.2, 0.25) is 0 Å². The smallest absolute Gasteiger partial charge is 0.269 e. The van der Waals surface area contributed by atoms with Gasteiger partial charge in [-0.2, -0.15) is 0 Å². The average Bonchev–Trinajstić information content (AvgIpc) is 2.99. The van der Waals surface area contributed by atoms with Gasteiger partial charge < -0.3 is 0 Å². The maximum Gasteiger partial charge on any atom is 0.269 e. The van der Waals surface area contributed by atoms with E-state index < -0.39 is 11.8 Å². The van der Waals surface area contributed by atoms with Crippen molar-refractivity contribution in [1.29, 1.82) is 0 Å². The summed E-state index contributed by atoms with van der Waals surface area (Å²) in [6, 6.07) is 10.9. The molecule has 0 saturated carbocycles. The third kappa shape index (κ3) is 5.49. The molecule has 1 saturated heterocycles. The maximum absolute atomic E-state index is 12.6. The molecule has 7 nitrogen and oxygen atoms in total. The number of nitrogens with one attached hydrogen (secondary N) is 2. The molecule has 0 bridgehead atoms. The molecule has 3 rings (SSSR count). The Kier molecular flexibility index (Phi) is 6.73. The third-order valence-corrected chi connectivity index (χ3v) is 5.45. The lowest BCUT2D eigenvalue weighted by Crippen LogP contribution is -2.43. The van der Waals surface area contributed by atoms with Crippen LogP contribution in [0.1, 0.15) is 27.9 Å². The first-order valence-electron chi connectivity index (χ1n) is 8.75. The fourth-order valence-corrected chi connectivity index (χ4v) is 3.79. The summed E-state index contributed by atoms with van der Waals surface area (Å²) >= 11 is 6.48. The van der Waals surface area contributed by atoms with E-state index in [1.165, 1.54) is 41.2 Å². The highest BCUT2D eigenvalue weighted by molar-refractivity contribution is 8.26. The van der Waals surface area contributed by atoms with E-state index in [0.717, 1.165) is 11.1 Å². The second-order valence-electron chi connectivity index (χ2n) is 6.23. The number of amides is 3. The fraction of sp³-hybridized carbons (Fsp3) is 0.150. The van der Waals surface area contributed by atoms with Crippen LogP contribution in [0.15, 0.2) is 53.7 Å². The molecule has 2 aromatic rings. The van der Waals surface area contributed by atoms with Crippen molar-refractivity contribution in [2.75, 3.05) is 6.54 Å². The summed E-state index contributed by atoms with van der Waals surface area (Å²) in [5.74, 6) is -1.11. The number of nitrogens with zero attached hydrogens (tertiary/aromatic N) is 2. The minimum atomic E-state index is -0.451. The van der Waals surface area contributed by atoms with Gasteiger partial charge in [0.1, 0.15) is 4.32 Å². The second-order valence-corrected chi connectivity index (χ2v) is 7.91. The van der Waals surface area contributed by atoms with Crippen LogP contribution in [-0.4, -0.2) is 38.5 Å². The van der Waals surface area contributed by atoms with E-state index in [0.29, 0.717) is 14.8 Å². The lowest BCUT2D eigenvalue weighted by Gasteiger charge is -2.14. The molecule has 1 aliphatic heterocycles. The molecule has 0 aliphatic carbocycles.